The molecule has 0 aromatic carbocycles. The number of nitrogens with one attached hydrogen (secondary N) is 2. The third-order valence-electron chi connectivity index (χ3n) is 2.55. The number of carbonyl (C=O) groups excluding carboxylic acids is 2. The van der Waals surface area contributed by atoms with Gasteiger partial charge in [0.1, 0.15) is 11.7 Å². The number of hydrogen-bond donors (Lipinski definition) is 2. The second-order valence-electron chi connectivity index (χ2n) is 4.05. The van der Waals surface area contributed by atoms with Crippen LogP contribution in [0.25, 0.3) is 0 Å². The van der Waals surface area contributed by atoms with Crippen molar-refractivity contribution >= 4 is 27.7 Å². The first kappa shape index (κ1) is 14.8. The van der Waals surface area contributed by atoms with Gasteiger partial charge in [-0.3, -0.25) is 9.59 Å². The lowest BCUT2D eigenvalue weighted by Gasteiger charge is -2.13. The maximum absolute atomic E-state index is 12.1. The summed E-state index contributed by atoms with van der Waals surface area (Å²) in [6, 6.07) is 1.20. The predicted octanol–water partition coefficient (Wildman–Crippen LogP) is 1.52. The van der Waals surface area contributed by atoms with Gasteiger partial charge in [-0.25, -0.2) is 0 Å². The number of likely N-dealkylation sites (N-methyl/N-ethyl adjacent to an activating group) is 1. The van der Waals surface area contributed by atoms with Gasteiger partial charge >= 0.3 is 0 Å². The van der Waals surface area contributed by atoms with Crippen LogP contribution in [0.5, 0.6) is 0 Å². The van der Waals surface area contributed by atoms with E-state index in [0.717, 1.165) is 17.4 Å². The van der Waals surface area contributed by atoms with Gasteiger partial charge in [-0.1, -0.05) is 6.92 Å². The summed E-state index contributed by atoms with van der Waals surface area (Å²) >= 11 is 3.35. The second kappa shape index (κ2) is 6.58. The quantitative estimate of drug-likeness (QED) is 0.865. The SMILES string of the molecule is CCCn1cc(Br)cc1C(=O)NC(C)C(=O)NC. The van der Waals surface area contributed by atoms with E-state index < -0.39 is 6.04 Å². The van der Waals surface area contributed by atoms with Crippen molar-refractivity contribution in [3.05, 3.63) is 22.4 Å². The van der Waals surface area contributed by atoms with Gasteiger partial charge in [-0.15, -0.1) is 0 Å². The largest absolute Gasteiger partial charge is 0.357 e. The zero-order valence-corrected chi connectivity index (χ0v) is 12.4. The molecule has 0 radical (unpaired) electrons. The van der Waals surface area contributed by atoms with Gasteiger partial charge in [0.2, 0.25) is 5.91 Å². The minimum atomic E-state index is -0.550. The van der Waals surface area contributed by atoms with E-state index in [4.69, 9.17) is 0 Å². The van der Waals surface area contributed by atoms with Crippen LogP contribution in [-0.2, 0) is 11.3 Å². The van der Waals surface area contributed by atoms with E-state index in [1.165, 1.54) is 0 Å². The molecule has 0 aliphatic rings. The Labute approximate surface area is 115 Å². The van der Waals surface area contributed by atoms with E-state index in [1.807, 2.05) is 17.7 Å². The molecule has 1 rings (SSSR count). The van der Waals surface area contributed by atoms with Crippen LogP contribution in [0.1, 0.15) is 30.8 Å². The van der Waals surface area contributed by atoms with Gasteiger partial charge in [0.05, 0.1) is 0 Å². The lowest BCUT2D eigenvalue weighted by Crippen LogP contribution is -2.44. The molecular weight excluding hydrogens is 298 g/mol. The summed E-state index contributed by atoms with van der Waals surface area (Å²) < 4.78 is 2.73. The van der Waals surface area contributed by atoms with Gasteiger partial charge in [0.25, 0.3) is 5.91 Å². The van der Waals surface area contributed by atoms with E-state index in [1.54, 1.807) is 20.0 Å². The number of hydrogen-bond acceptors (Lipinski definition) is 2. The number of rotatable bonds is 5. The van der Waals surface area contributed by atoms with Crippen molar-refractivity contribution in [3.8, 4) is 0 Å². The van der Waals surface area contributed by atoms with Crippen LogP contribution >= 0.6 is 15.9 Å². The van der Waals surface area contributed by atoms with E-state index in [0.29, 0.717) is 5.69 Å². The Morgan fingerprint density at radius 2 is 2.17 bits per heavy atom. The van der Waals surface area contributed by atoms with Crippen molar-refractivity contribution in [2.45, 2.75) is 32.9 Å². The Morgan fingerprint density at radius 1 is 1.50 bits per heavy atom. The molecular formula is C12H18BrN3O2. The molecule has 0 spiro atoms. The zero-order valence-electron chi connectivity index (χ0n) is 10.8. The molecule has 100 valence electrons. The monoisotopic (exact) mass is 315 g/mol. The molecule has 0 saturated carbocycles. The Balaban J connectivity index is 2.80. The van der Waals surface area contributed by atoms with Gasteiger partial charge in [0.15, 0.2) is 0 Å². The lowest BCUT2D eigenvalue weighted by molar-refractivity contribution is -0.122. The molecule has 6 heteroatoms. The van der Waals surface area contributed by atoms with Crippen LogP contribution in [0.2, 0.25) is 0 Å². The van der Waals surface area contributed by atoms with E-state index in [-0.39, 0.29) is 11.8 Å². The van der Waals surface area contributed by atoms with Crippen LogP contribution in [0.4, 0.5) is 0 Å². The van der Waals surface area contributed by atoms with E-state index in [2.05, 4.69) is 26.6 Å². The molecule has 0 bridgehead atoms. The van der Waals surface area contributed by atoms with Gasteiger partial charge < -0.3 is 15.2 Å². The van der Waals surface area contributed by atoms with Gasteiger partial charge in [0, 0.05) is 24.3 Å². The predicted molar refractivity (Wildman–Crippen MR) is 73.4 cm³/mol. The first-order chi connectivity index (χ1) is 8.49. The number of carbonyl (C=O) groups is 2. The van der Waals surface area contributed by atoms with Crippen molar-refractivity contribution < 1.29 is 9.59 Å². The molecule has 2 amide bonds. The smallest absolute Gasteiger partial charge is 0.268 e. The Kier molecular flexibility index (Phi) is 5.40. The highest BCUT2D eigenvalue weighted by atomic mass is 79.9. The van der Waals surface area contributed by atoms with E-state index >= 15 is 0 Å². The highest BCUT2D eigenvalue weighted by molar-refractivity contribution is 9.10. The zero-order chi connectivity index (χ0) is 13.7. The molecule has 18 heavy (non-hydrogen) atoms. The highest BCUT2D eigenvalue weighted by Gasteiger charge is 2.18. The maximum Gasteiger partial charge on any atom is 0.268 e. The van der Waals surface area contributed by atoms with Crippen molar-refractivity contribution in [3.63, 3.8) is 0 Å². The summed E-state index contributed by atoms with van der Waals surface area (Å²) in [5.74, 6) is -0.457. The fourth-order valence-electron chi connectivity index (χ4n) is 1.64. The normalized spacial score (nSPS) is 12.0. The summed E-state index contributed by atoms with van der Waals surface area (Å²) in [4.78, 5) is 23.4. The van der Waals surface area contributed by atoms with Crippen molar-refractivity contribution in [2.75, 3.05) is 7.05 Å². The third kappa shape index (κ3) is 3.60. The molecule has 2 N–H and O–H groups in total. The van der Waals surface area contributed by atoms with Crippen LogP contribution in [0.3, 0.4) is 0 Å². The average Bonchev–Trinajstić information content (AvgIpc) is 2.69. The van der Waals surface area contributed by atoms with Crippen LogP contribution in [0.15, 0.2) is 16.7 Å². The Hall–Kier alpha value is -1.30. The summed E-state index contributed by atoms with van der Waals surface area (Å²) in [6.07, 6.45) is 2.80. The summed E-state index contributed by atoms with van der Waals surface area (Å²) in [7, 11) is 1.54. The first-order valence-electron chi connectivity index (χ1n) is 5.87. The number of aryl methyl sites for hydroxylation is 1. The highest BCUT2D eigenvalue weighted by Crippen LogP contribution is 2.15. The molecule has 0 saturated heterocycles. The first-order valence-corrected chi connectivity index (χ1v) is 6.67. The fraction of sp³-hybridized carbons (Fsp3) is 0.500. The third-order valence-corrected chi connectivity index (χ3v) is 2.98. The second-order valence-corrected chi connectivity index (χ2v) is 4.96. The van der Waals surface area contributed by atoms with Crippen LogP contribution in [-0.4, -0.2) is 29.5 Å². The molecule has 1 heterocycles. The Bertz CT molecular complexity index is 443. The molecule has 5 nitrogen and oxygen atoms in total. The fourth-order valence-corrected chi connectivity index (χ4v) is 2.11. The molecule has 0 aliphatic heterocycles. The average molecular weight is 316 g/mol. The Morgan fingerprint density at radius 3 is 2.72 bits per heavy atom. The molecule has 0 aliphatic carbocycles. The molecule has 1 unspecified atom stereocenters. The topological polar surface area (TPSA) is 63.1 Å². The van der Waals surface area contributed by atoms with Crippen molar-refractivity contribution in [1.82, 2.24) is 15.2 Å². The van der Waals surface area contributed by atoms with Gasteiger partial charge in [-0.2, -0.15) is 0 Å². The number of aromatic nitrogens is 1. The summed E-state index contributed by atoms with van der Waals surface area (Å²) in [5.41, 5.74) is 0.555. The van der Waals surface area contributed by atoms with Gasteiger partial charge in [-0.05, 0) is 35.3 Å². The minimum Gasteiger partial charge on any atom is -0.357 e. The maximum atomic E-state index is 12.1. The summed E-state index contributed by atoms with van der Waals surface area (Å²) in [5, 5.41) is 5.16. The number of nitrogens with zero attached hydrogens (tertiary/aromatic N) is 1. The van der Waals surface area contributed by atoms with Crippen LogP contribution in [0, 0.1) is 0 Å². The van der Waals surface area contributed by atoms with E-state index in [9.17, 15) is 9.59 Å². The minimum absolute atomic E-state index is 0.212. The van der Waals surface area contributed by atoms with Crippen molar-refractivity contribution in [1.29, 1.82) is 0 Å². The van der Waals surface area contributed by atoms with Crippen LogP contribution < -0.4 is 10.6 Å². The molecule has 1 aromatic rings. The molecule has 1 atom stereocenters. The summed E-state index contributed by atoms with van der Waals surface area (Å²) in [6.45, 7) is 4.46. The molecule has 0 fully saturated rings. The lowest BCUT2D eigenvalue weighted by atomic mass is 10.3. The number of amides is 2. The standard InChI is InChI=1S/C12H18BrN3O2/c1-4-5-16-7-9(13)6-10(16)12(18)15-8(2)11(17)14-3/h6-8H,4-5H2,1-3H3,(H,14,17)(H,15,18). The number of halogens is 1. The molecule has 1 aromatic heterocycles. The van der Waals surface area contributed by atoms with Crippen molar-refractivity contribution in [2.24, 2.45) is 0 Å².